The van der Waals surface area contributed by atoms with Crippen LogP contribution in [-0.4, -0.2) is 24.1 Å². The van der Waals surface area contributed by atoms with Crippen LogP contribution in [-0.2, 0) is 9.47 Å². The molecule has 0 aromatic heterocycles. The van der Waals surface area contributed by atoms with E-state index < -0.39 is 24.1 Å². The van der Waals surface area contributed by atoms with Crippen molar-refractivity contribution in [3.8, 4) is 23.6 Å². The number of ether oxygens (including phenoxy) is 3. The highest BCUT2D eigenvalue weighted by molar-refractivity contribution is 5.90. The molecule has 136 valence electrons. The summed E-state index contributed by atoms with van der Waals surface area (Å²) in [6.45, 7) is 2.96. The second kappa shape index (κ2) is 9.02. The number of hydrogen-bond donors (Lipinski definition) is 0. The third-order valence-electron chi connectivity index (χ3n) is 3.35. The highest BCUT2D eigenvalue weighted by Gasteiger charge is 2.13. The maximum absolute atomic E-state index is 11.8. The van der Waals surface area contributed by atoms with Gasteiger partial charge in [0.25, 0.3) is 0 Å². The fraction of sp³-hybridized carbons (Fsp3) is 0.200. The molecule has 0 fully saturated rings. The Labute approximate surface area is 156 Å². The summed E-state index contributed by atoms with van der Waals surface area (Å²) in [6, 6.07) is 16.1. The van der Waals surface area contributed by atoms with Crippen molar-refractivity contribution in [3.63, 3.8) is 0 Å². The summed E-state index contributed by atoms with van der Waals surface area (Å²) in [7, 11) is 0. The highest BCUT2D eigenvalue weighted by Crippen LogP contribution is 2.22. The van der Waals surface area contributed by atoms with E-state index in [1.165, 1.54) is 38.1 Å². The molecule has 0 radical (unpaired) electrons. The van der Waals surface area contributed by atoms with Crippen molar-refractivity contribution < 1.29 is 23.8 Å². The first-order valence-electron chi connectivity index (χ1n) is 8.02. The van der Waals surface area contributed by atoms with E-state index in [9.17, 15) is 9.59 Å². The number of carbonyl (C=O) groups excluding carboxylic acids is 2. The molecular formula is C20H16N2O5. The van der Waals surface area contributed by atoms with Gasteiger partial charge in [0.1, 0.15) is 23.6 Å². The van der Waals surface area contributed by atoms with E-state index >= 15 is 0 Å². The van der Waals surface area contributed by atoms with Crippen molar-refractivity contribution in [1.82, 2.24) is 0 Å². The molecule has 7 heteroatoms. The van der Waals surface area contributed by atoms with E-state index in [2.05, 4.69) is 0 Å². The van der Waals surface area contributed by atoms with Gasteiger partial charge in [-0.05, 0) is 62.4 Å². The van der Waals surface area contributed by atoms with Crippen molar-refractivity contribution in [1.29, 1.82) is 10.5 Å². The van der Waals surface area contributed by atoms with Crippen LogP contribution in [0.4, 0.5) is 0 Å². The van der Waals surface area contributed by atoms with Gasteiger partial charge in [-0.2, -0.15) is 10.5 Å². The van der Waals surface area contributed by atoms with E-state index in [-0.39, 0.29) is 0 Å². The smallest absolute Gasteiger partial charge is 0.339 e. The molecule has 2 aromatic carbocycles. The van der Waals surface area contributed by atoms with Crippen molar-refractivity contribution in [3.05, 3.63) is 59.7 Å². The summed E-state index contributed by atoms with van der Waals surface area (Å²) in [4.78, 5) is 23.6. The Bertz CT molecular complexity index is 816. The van der Waals surface area contributed by atoms with E-state index in [1.807, 2.05) is 12.1 Å². The number of nitrogens with zero attached hydrogens (tertiary/aromatic N) is 2. The van der Waals surface area contributed by atoms with Crippen LogP contribution >= 0.6 is 0 Å². The minimum absolute atomic E-state index is 0.300. The Morgan fingerprint density at radius 3 is 1.37 bits per heavy atom. The average molecular weight is 364 g/mol. The Kier molecular flexibility index (Phi) is 6.51. The molecule has 27 heavy (non-hydrogen) atoms. The molecule has 2 aromatic rings. The molecular weight excluding hydrogens is 348 g/mol. The highest BCUT2D eigenvalue weighted by atomic mass is 16.5. The predicted octanol–water partition coefficient (Wildman–Crippen LogP) is 3.62. The van der Waals surface area contributed by atoms with Crippen LogP contribution in [0.2, 0.25) is 0 Å². The van der Waals surface area contributed by atoms with Crippen LogP contribution in [0.15, 0.2) is 48.5 Å². The number of hydrogen-bond acceptors (Lipinski definition) is 7. The van der Waals surface area contributed by atoms with Crippen LogP contribution in [0.1, 0.15) is 34.6 Å². The van der Waals surface area contributed by atoms with Crippen LogP contribution in [0.5, 0.6) is 11.5 Å². The number of carbonyl (C=O) groups is 2. The number of nitriles is 2. The molecule has 0 bridgehead atoms. The minimum Gasteiger partial charge on any atom is -0.457 e. The largest absolute Gasteiger partial charge is 0.457 e. The van der Waals surface area contributed by atoms with E-state index in [0.29, 0.717) is 22.6 Å². The van der Waals surface area contributed by atoms with Crippen LogP contribution in [0, 0.1) is 22.7 Å². The summed E-state index contributed by atoms with van der Waals surface area (Å²) >= 11 is 0. The first-order chi connectivity index (χ1) is 12.9. The van der Waals surface area contributed by atoms with Crippen molar-refractivity contribution >= 4 is 11.9 Å². The summed E-state index contributed by atoms with van der Waals surface area (Å²) in [5, 5.41) is 17.3. The lowest BCUT2D eigenvalue weighted by Gasteiger charge is -2.09. The SMILES string of the molecule is C[C@@H](C#N)OC(=O)c1ccc(Oc2ccc(C(=O)O[C@@H](C)C#N)cc2)cc1. The maximum Gasteiger partial charge on any atom is 0.339 e. The third-order valence-corrected chi connectivity index (χ3v) is 3.35. The maximum atomic E-state index is 11.8. The molecule has 0 unspecified atom stereocenters. The normalized spacial score (nSPS) is 12.0. The van der Waals surface area contributed by atoms with Gasteiger partial charge in [0, 0.05) is 0 Å². The number of rotatable bonds is 6. The topological polar surface area (TPSA) is 109 Å². The zero-order valence-corrected chi connectivity index (χ0v) is 14.7. The fourth-order valence-electron chi connectivity index (χ4n) is 1.96. The second-order valence-corrected chi connectivity index (χ2v) is 5.50. The molecule has 2 atom stereocenters. The van der Waals surface area contributed by atoms with E-state index in [0.717, 1.165) is 0 Å². The van der Waals surface area contributed by atoms with Gasteiger partial charge in [0.2, 0.25) is 0 Å². The summed E-state index contributed by atoms with van der Waals surface area (Å²) in [6.07, 6.45) is -1.65. The first-order valence-corrected chi connectivity index (χ1v) is 8.02. The summed E-state index contributed by atoms with van der Waals surface area (Å²) < 4.78 is 15.5. The number of esters is 2. The minimum atomic E-state index is -0.824. The molecule has 0 aliphatic rings. The Hall–Kier alpha value is -3.84. The summed E-state index contributed by atoms with van der Waals surface area (Å²) in [5.74, 6) is -0.225. The van der Waals surface area contributed by atoms with E-state index in [4.69, 9.17) is 24.7 Å². The zero-order valence-electron chi connectivity index (χ0n) is 14.7. The molecule has 0 saturated carbocycles. The molecule has 0 N–H and O–H groups in total. The Morgan fingerprint density at radius 1 is 0.741 bits per heavy atom. The van der Waals surface area contributed by atoms with Crippen LogP contribution in [0.3, 0.4) is 0 Å². The van der Waals surface area contributed by atoms with Crippen molar-refractivity contribution in [2.24, 2.45) is 0 Å². The van der Waals surface area contributed by atoms with Gasteiger partial charge in [0.15, 0.2) is 12.2 Å². The van der Waals surface area contributed by atoms with Crippen LogP contribution in [0.25, 0.3) is 0 Å². The lowest BCUT2D eigenvalue weighted by Crippen LogP contribution is -2.13. The zero-order chi connectivity index (χ0) is 19.8. The predicted molar refractivity (Wildman–Crippen MR) is 93.9 cm³/mol. The Morgan fingerprint density at radius 2 is 1.07 bits per heavy atom. The van der Waals surface area contributed by atoms with Gasteiger partial charge in [0.05, 0.1) is 11.1 Å². The quantitative estimate of drug-likeness (QED) is 0.720. The fourth-order valence-corrected chi connectivity index (χ4v) is 1.96. The van der Waals surface area contributed by atoms with Gasteiger partial charge < -0.3 is 14.2 Å². The third kappa shape index (κ3) is 5.58. The van der Waals surface area contributed by atoms with Crippen molar-refractivity contribution in [2.75, 3.05) is 0 Å². The lowest BCUT2D eigenvalue weighted by molar-refractivity contribution is 0.0425. The molecule has 0 aliphatic heterocycles. The Balaban J connectivity index is 1.99. The molecule has 0 saturated heterocycles. The van der Waals surface area contributed by atoms with Gasteiger partial charge >= 0.3 is 11.9 Å². The van der Waals surface area contributed by atoms with Crippen molar-refractivity contribution in [2.45, 2.75) is 26.1 Å². The van der Waals surface area contributed by atoms with Gasteiger partial charge in [-0.15, -0.1) is 0 Å². The van der Waals surface area contributed by atoms with Crippen LogP contribution < -0.4 is 4.74 Å². The molecule has 7 nitrogen and oxygen atoms in total. The molecule has 2 rings (SSSR count). The average Bonchev–Trinajstić information content (AvgIpc) is 2.68. The van der Waals surface area contributed by atoms with Gasteiger partial charge in [-0.25, -0.2) is 9.59 Å². The standard InChI is InChI=1S/C20H16N2O5/c1-13(11-21)25-19(23)15-3-7-17(8-4-15)27-18-9-5-16(6-10-18)20(24)26-14(2)12-22/h3-10,13-14H,1-2H3/t13-,14-/m0/s1. The first kappa shape index (κ1) is 19.5. The van der Waals surface area contributed by atoms with E-state index in [1.54, 1.807) is 24.3 Å². The molecule has 0 heterocycles. The van der Waals surface area contributed by atoms with Gasteiger partial charge in [-0.3, -0.25) is 0 Å². The van der Waals surface area contributed by atoms with Gasteiger partial charge in [-0.1, -0.05) is 0 Å². The molecule has 0 aliphatic carbocycles. The molecule has 0 amide bonds. The summed E-state index contributed by atoms with van der Waals surface area (Å²) in [5.41, 5.74) is 0.600. The second-order valence-electron chi connectivity index (χ2n) is 5.50. The monoisotopic (exact) mass is 364 g/mol. The lowest BCUT2D eigenvalue weighted by atomic mass is 10.2. The molecule has 0 spiro atoms. The number of benzene rings is 2.